The van der Waals surface area contributed by atoms with Gasteiger partial charge in [-0.25, -0.2) is 0 Å². The zero-order valence-corrected chi connectivity index (χ0v) is 20.7. The first-order chi connectivity index (χ1) is 15.2. The Labute approximate surface area is 188 Å². The number of hydrogen-bond donors (Lipinski definition) is 0. The van der Waals surface area contributed by atoms with Crippen molar-refractivity contribution in [2.75, 3.05) is 118 Å². The van der Waals surface area contributed by atoms with Crippen LogP contribution in [0.5, 0.6) is 0 Å². The summed E-state index contributed by atoms with van der Waals surface area (Å²) in [7, 11) is -5.12. The van der Waals surface area contributed by atoms with Crippen molar-refractivity contribution in [3.63, 3.8) is 0 Å². The molecule has 0 saturated carbocycles. The summed E-state index contributed by atoms with van der Waals surface area (Å²) in [5.74, 6) is 0. The van der Waals surface area contributed by atoms with Crippen molar-refractivity contribution >= 4 is 17.6 Å². The van der Waals surface area contributed by atoms with Gasteiger partial charge in [0.05, 0.1) is 45.8 Å². The minimum absolute atomic E-state index is 0.719. The highest BCUT2D eigenvalue weighted by Crippen LogP contribution is 2.22. The molecule has 7 aliphatic rings. The summed E-state index contributed by atoms with van der Waals surface area (Å²) >= 11 is 0. The summed E-state index contributed by atoms with van der Waals surface area (Å²) in [5, 5.41) is 0. The van der Waals surface area contributed by atoms with Crippen molar-refractivity contribution in [3.8, 4) is 0 Å². The van der Waals surface area contributed by atoms with Crippen LogP contribution in [0.2, 0.25) is 6.04 Å². The van der Waals surface area contributed by atoms with E-state index >= 15 is 0 Å². The Bertz CT molecular complexity index is 533. The molecule has 0 aliphatic carbocycles. The predicted octanol–water partition coefficient (Wildman–Crippen LogP) is -1.22. The third-order valence-corrected chi connectivity index (χ3v) is 12.5. The van der Waals surface area contributed by atoms with Gasteiger partial charge in [-0.15, -0.1) is 0 Å². The number of fused-ring (bicyclic) bond motifs is 12. The number of nitrogens with zero attached hydrogens (tertiary/aromatic N) is 4. The van der Waals surface area contributed by atoms with Gasteiger partial charge in [-0.05, 0) is 0 Å². The van der Waals surface area contributed by atoms with Crippen molar-refractivity contribution in [1.29, 1.82) is 0 Å². The largest absolute Gasteiger partial charge is 0.515 e. The van der Waals surface area contributed by atoms with Gasteiger partial charge in [-0.2, -0.15) is 0 Å². The van der Waals surface area contributed by atoms with Crippen molar-refractivity contribution in [2.24, 2.45) is 0 Å². The van der Waals surface area contributed by atoms with E-state index in [0.29, 0.717) is 0 Å². The van der Waals surface area contributed by atoms with Crippen molar-refractivity contribution in [2.45, 2.75) is 6.04 Å². The first-order valence-corrected chi connectivity index (χ1v) is 15.8. The van der Waals surface area contributed by atoms with E-state index in [2.05, 4.69) is 19.6 Å². The predicted molar refractivity (Wildman–Crippen MR) is 118 cm³/mol. The smallest absolute Gasteiger partial charge is 0.372 e. The lowest BCUT2D eigenvalue weighted by atomic mass is 10.3. The number of rotatable bonds is 5. The molecular weight excluding hydrogens is 436 g/mol. The Kier molecular flexibility index (Phi) is 7.75. The fourth-order valence-electron chi connectivity index (χ4n) is 5.00. The van der Waals surface area contributed by atoms with Crippen LogP contribution in [-0.2, 0) is 26.6 Å². The van der Waals surface area contributed by atoms with Crippen LogP contribution in [0.25, 0.3) is 0 Å². The van der Waals surface area contributed by atoms with Gasteiger partial charge in [-0.3, -0.25) is 14.7 Å². The van der Waals surface area contributed by atoms with Gasteiger partial charge in [0.25, 0.3) is 0 Å². The second-order valence-corrected chi connectivity index (χ2v) is 14.3. The molecule has 0 N–H and O–H groups in total. The average Bonchev–Trinajstić information content (AvgIpc) is 2.68. The molecule has 12 heteroatoms. The average molecular weight is 475 g/mol. The molecule has 0 aromatic rings. The van der Waals surface area contributed by atoms with Crippen LogP contribution in [0, 0.1) is 0 Å². The zero-order chi connectivity index (χ0) is 21.0. The molecule has 10 nitrogen and oxygen atoms in total. The summed E-state index contributed by atoms with van der Waals surface area (Å²) in [6.45, 7) is 15.4. The van der Waals surface area contributed by atoms with E-state index < -0.39 is 17.6 Å². The summed E-state index contributed by atoms with van der Waals surface area (Å²) in [5.41, 5.74) is 0. The highest BCUT2D eigenvalue weighted by Gasteiger charge is 2.47. The van der Waals surface area contributed by atoms with Crippen LogP contribution >= 0.6 is 0 Å². The second-order valence-electron chi connectivity index (χ2n) is 9.01. The van der Waals surface area contributed by atoms with E-state index in [0.717, 1.165) is 124 Å². The Morgan fingerprint density at radius 1 is 0.452 bits per heavy atom. The third-order valence-electron chi connectivity index (χ3n) is 6.99. The van der Waals surface area contributed by atoms with E-state index in [1.807, 2.05) is 0 Å². The van der Waals surface area contributed by atoms with E-state index in [9.17, 15) is 0 Å². The highest BCUT2D eigenvalue weighted by molar-refractivity contribution is 6.61. The summed E-state index contributed by atoms with van der Waals surface area (Å²) < 4.78 is 37.2. The number of piperazine rings is 1. The third kappa shape index (κ3) is 5.94. The van der Waals surface area contributed by atoms with Crippen molar-refractivity contribution < 1.29 is 26.6 Å². The lowest BCUT2D eigenvalue weighted by Gasteiger charge is -2.42. The van der Waals surface area contributed by atoms with E-state index in [1.165, 1.54) is 0 Å². The molecule has 0 aromatic carbocycles. The van der Waals surface area contributed by atoms with Crippen molar-refractivity contribution in [3.05, 3.63) is 0 Å². The molecule has 0 unspecified atom stereocenters. The van der Waals surface area contributed by atoms with Crippen LogP contribution in [0.1, 0.15) is 0 Å². The molecule has 4 bridgehead atoms. The maximum Gasteiger partial charge on any atom is 0.515 e. The van der Waals surface area contributed by atoms with Crippen LogP contribution in [-0.4, -0.2) is 155 Å². The Hall–Kier alpha value is 0.0338. The van der Waals surface area contributed by atoms with Crippen LogP contribution < -0.4 is 0 Å². The maximum absolute atomic E-state index is 6.21. The SMILES string of the molecule is C1CN2CCO[Si](CCN3CCN(C[Si]45OCCN(CCO4)CCO5)CC3)(O1)OCC2. The van der Waals surface area contributed by atoms with Gasteiger partial charge in [0.15, 0.2) is 0 Å². The first kappa shape index (κ1) is 22.8. The molecule has 31 heavy (non-hydrogen) atoms. The van der Waals surface area contributed by atoms with Gasteiger partial charge in [0.1, 0.15) is 0 Å². The van der Waals surface area contributed by atoms with E-state index in [1.54, 1.807) is 0 Å². The fraction of sp³-hybridized carbons (Fsp3) is 1.00. The molecule has 7 heterocycles. The van der Waals surface area contributed by atoms with Crippen LogP contribution in [0.4, 0.5) is 0 Å². The van der Waals surface area contributed by atoms with Gasteiger partial charge in [-0.1, -0.05) is 0 Å². The molecule has 0 aromatic heterocycles. The second kappa shape index (κ2) is 10.5. The number of hydrogen-bond acceptors (Lipinski definition) is 10. The molecule has 7 saturated heterocycles. The highest BCUT2D eigenvalue weighted by atomic mass is 28.4. The molecule has 0 radical (unpaired) electrons. The first-order valence-electron chi connectivity index (χ1n) is 12.0. The van der Waals surface area contributed by atoms with Gasteiger partial charge in [0, 0.05) is 78.0 Å². The molecule has 0 amide bonds. The maximum atomic E-state index is 6.21. The molecule has 178 valence electrons. The lowest BCUT2D eigenvalue weighted by Crippen LogP contribution is -2.62. The van der Waals surface area contributed by atoms with Crippen LogP contribution in [0.15, 0.2) is 0 Å². The molecule has 7 fully saturated rings. The fourth-order valence-corrected chi connectivity index (χ4v) is 10.1. The molecule has 7 rings (SSSR count). The Morgan fingerprint density at radius 2 is 0.839 bits per heavy atom. The summed E-state index contributed by atoms with van der Waals surface area (Å²) in [4.78, 5) is 9.72. The monoisotopic (exact) mass is 474 g/mol. The normalized spacial score (nSPS) is 41.0. The van der Waals surface area contributed by atoms with E-state index in [-0.39, 0.29) is 0 Å². The quantitative estimate of drug-likeness (QED) is 0.453. The van der Waals surface area contributed by atoms with Gasteiger partial charge in [0.2, 0.25) is 0 Å². The minimum Gasteiger partial charge on any atom is -0.372 e. The lowest BCUT2D eigenvalue weighted by molar-refractivity contribution is -0.0189. The minimum atomic E-state index is -2.59. The Balaban J connectivity index is 1.09. The molecular formula is C19H38N4O6Si2. The Morgan fingerprint density at radius 3 is 1.29 bits per heavy atom. The molecule has 0 atom stereocenters. The van der Waals surface area contributed by atoms with Gasteiger partial charge >= 0.3 is 17.6 Å². The van der Waals surface area contributed by atoms with Gasteiger partial charge < -0.3 is 31.5 Å². The zero-order valence-electron chi connectivity index (χ0n) is 18.7. The summed E-state index contributed by atoms with van der Waals surface area (Å²) in [6.07, 6.45) is 0.811. The van der Waals surface area contributed by atoms with Crippen LogP contribution in [0.3, 0.4) is 0 Å². The summed E-state index contributed by atoms with van der Waals surface area (Å²) in [6, 6.07) is 0.886. The topological polar surface area (TPSA) is 68.3 Å². The van der Waals surface area contributed by atoms with E-state index in [4.69, 9.17) is 26.6 Å². The van der Waals surface area contributed by atoms with Crippen molar-refractivity contribution in [1.82, 2.24) is 19.6 Å². The molecule has 0 spiro atoms. The standard InChI is InChI=1S/C19H38N4O6Si2/c1-3-23(19-31-27-15-8-22(9-16-28-31)10-17-29-31)4-2-20(1)11-18-30-24-12-5-21(6-13-25-30)7-14-26-30/h1-19H2. The molecule has 7 aliphatic heterocycles.